The van der Waals surface area contributed by atoms with Crippen LogP contribution in [0.25, 0.3) is 0 Å². The number of nitrogens with one attached hydrogen (secondary N) is 3. The summed E-state index contributed by atoms with van der Waals surface area (Å²) in [6.45, 7) is 4.65. The van der Waals surface area contributed by atoms with Gasteiger partial charge in [-0.3, -0.25) is 25.8 Å². The zero-order valence-electron chi connectivity index (χ0n) is 14.9. The monoisotopic (exact) mass is 449 g/mol. The molecule has 0 aromatic heterocycles. The number of hydrogen-bond donors (Lipinski definition) is 3. The Morgan fingerprint density at radius 2 is 1.81 bits per heavy atom. The SMILES string of the molecule is CC(C)COc1cccc(C(=O)NC(=S)NNC(=O)c2ccccc2Br)c1. The third kappa shape index (κ3) is 6.65. The number of hydrogen-bond acceptors (Lipinski definition) is 4. The largest absolute Gasteiger partial charge is 0.493 e. The van der Waals surface area contributed by atoms with E-state index < -0.39 is 5.91 Å². The van der Waals surface area contributed by atoms with Gasteiger partial charge in [-0.2, -0.15) is 0 Å². The van der Waals surface area contributed by atoms with Gasteiger partial charge in [0.1, 0.15) is 5.75 Å². The molecule has 0 saturated heterocycles. The molecule has 2 aromatic rings. The summed E-state index contributed by atoms with van der Waals surface area (Å²) in [5.41, 5.74) is 5.79. The second kappa shape index (κ2) is 10.0. The first-order chi connectivity index (χ1) is 12.9. The third-order valence-electron chi connectivity index (χ3n) is 3.31. The second-order valence-corrected chi connectivity index (χ2v) is 7.34. The van der Waals surface area contributed by atoms with Crippen molar-refractivity contribution in [3.05, 3.63) is 64.1 Å². The predicted octanol–water partition coefficient (Wildman–Crippen LogP) is 3.43. The first-order valence-electron chi connectivity index (χ1n) is 8.26. The smallest absolute Gasteiger partial charge is 0.270 e. The summed E-state index contributed by atoms with van der Waals surface area (Å²) in [6, 6.07) is 13.8. The fraction of sp³-hybridized carbons (Fsp3) is 0.211. The maximum absolute atomic E-state index is 12.3. The molecule has 0 radical (unpaired) electrons. The molecule has 2 amide bonds. The molecule has 0 spiro atoms. The summed E-state index contributed by atoms with van der Waals surface area (Å²) in [5, 5.41) is 2.49. The molecule has 27 heavy (non-hydrogen) atoms. The molecule has 0 unspecified atom stereocenters. The van der Waals surface area contributed by atoms with E-state index in [0.717, 1.165) is 0 Å². The van der Waals surface area contributed by atoms with Gasteiger partial charge in [-0.1, -0.05) is 32.0 Å². The van der Waals surface area contributed by atoms with Gasteiger partial charge >= 0.3 is 0 Å². The predicted molar refractivity (Wildman–Crippen MR) is 112 cm³/mol. The van der Waals surface area contributed by atoms with Crippen LogP contribution in [-0.4, -0.2) is 23.5 Å². The molecule has 0 aliphatic carbocycles. The highest BCUT2D eigenvalue weighted by molar-refractivity contribution is 9.10. The lowest BCUT2D eigenvalue weighted by molar-refractivity contribution is 0.0934. The van der Waals surface area contributed by atoms with Gasteiger partial charge in [-0.25, -0.2) is 0 Å². The summed E-state index contributed by atoms with van der Waals surface area (Å²) in [6.07, 6.45) is 0. The first kappa shape index (κ1) is 20.9. The molecule has 2 rings (SSSR count). The zero-order chi connectivity index (χ0) is 19.8. The van der Waals surface area contributed by atoms with Gasteiger partial charge in [-0.15, -0.1) is 0 Å². The highest BCUT2D eigenvalue weighted by Gasteiger charge is 2.12. The van der Waals surface area contributed by atoms with E-state index in [2.05, 4.69) is 32.1 Å². The summed E-state index contributed by atoms with van der Waals surface area (Å²) >= 11 is 8.35. The number of carbonyl (C=O) groups is 2. The Morgan fingerprint density at radius 1 is 1.07 bits per heavy atom. The van der Waals surface area contributed by atoms with Gasteiger partial charge < -0.3 is 4.74 Å². The Kier molecular flexibility index (Phi) is 7.75. The van der Waals surface area contributed by atoms with Crippen molar-refractivity contribution in [1.29, 1.82) is 0 Å². The lowest BCUT2D eigenvalue weighted by Crippen LogP contribution is -2.48. The standard InChI is InChI=1S/C19H20BrN3O3S/c1-12(2)11-26-14-7-5-6-13(10-14)17(24)21-19(27)23-22-18(25)15-8-3-4-9-16(15)20/h3-10,12H,11H2,1-2H3,(H,22,25)(H2,21,23,24,27). The van der Waals surface area contributed by atoms with Gasteiger partial charge in [0.15, 0.2) is 5.11 Å². The number of rotatable bonds is 5. The van der Waals surface area contributed by atoms with Gasteiger partial charge in [0.25, 0.3) is 11.8 Å². The molecular weight excluding hydrogens is 430 g/mol. The van der Waals surface area contributed by atoms with Gasteiger partial charge in [0, 0.05) is 10.0 Å². The Labute approximate surface area is 171 Å². The van der Waals surface area contributed by atoms with Gasteiger partial charge in [-0.05, 0) is 64.4 Å². The summed E-state index contributed by atoms with van der Waals surface area (Å²) in [7, 11) is 0. The van der Waals surface area contributed by atoms with Crippen LogP contribution in [0.1, 0.15) is 34.6 Å². The average Bonchev–Trinajstić information content (AvgIpc) is 2.65. The Balaban J connectivity index is 1.88. The molecule has 3 N–H and O–H groups in total. The number of benzene rings is 2. The Bertz CT molecular complexity index is 842. The third-order valence-corrected chi connectivity index (χ3v) is 4.21. The van der Waals surface area contributed by atoms with Crippen LogP contribution in [0.5, 0.6) is 5.75 Å². The minimum Gasteiger partial charge on any atom is -0.493 e. The molecular formula is C19H20BrN3O3S. The van der Waals surface area contributed by atoms with E-state index in [4.69, 9.17) is 17.0 Å². The lowest BCUT2D eigenvalue weighted by atomic mass is 10.2. The molecule has 0 saturated carbocycles. The molecule has 0 fully saturated rings. The molecule has 0 atom stereocenters. The first-order valence-corrected chi connectivity index (χ1v) is 9.46. The summed E-state index contributed by atoms with van der Waals surface area (Å²) in [5.74, 6) is 0.200. The molecule has 0 bridgehead atoms. The second-order valence-electron chi connectivity index (χ2n) is 6.07. The van der Waals surface area contributed by atoms with Crippen molar-refractivity contribution in [2.24, 2.45) is 5.92 Å². The fourth-order valence-electron chi connectivity index (χ4n) is 2.02. The average molecular weight is 450 g/mol. The number of hydrazine groups is 1. The lowest BCUT2D eigenvalue weighted by Gasteiger charge is -2.12. The van der Waals surface area contributed by atoms with E-state index >= 15 is 0 Å². The van der Waals surface area contributed by atoms with Crippen molar-refractivity contribution in [2.75, 3.05) is 6.61 Å². The van der Waals surface area contributed by atoms with Crippen LogP contribution in [0.3, 0.4) is 0 Å². The molecule has 0 aliphatic rings. The van der Waals surface area contributed by atoms with Crippen molar-refractivity contribution in [1.82, 2.24) is 16.2 Å². The quantitative estimate of drug-likeness (QED) is 0.481. The molecule has 6 nitrogen and oxygen atoms in total. The number of amides is 2. The van der Waals surface area contributed by atoms with Gasteiger partial charge in [0.05, 0.1) is 12.2 Å². The summed E-state index contributed by atoms with van der Waals surface area (Å²) in [4.78, 5) is 24.4. The number of ether oxygens (including phenoxy) is 1. The molecule has 0 aliphatic heterocycles. The van der Waals surface area contributed by atoms with Crippen LogP contribution in [0.2, 0.25) is 0 Å². The number of carbonyl (C=O) groups excluding carboxylic acids is 2. The van der Waals surface area contributed by atoms with E-state index in [1.165, 1.54) is 0 Å². The van der Waals surface area contributed by atoms with E-state index in [-0.39, 0.29) is 11.0 Å². The maximum Gasteiger partial charge on any atom is 0.270 e. The molecule has 0 heterocycles. The van der Waals surface area contributed by atoms with Crippen molar-refractivity contribution in [3.63, 3.8) is 0 Å². The van der Waals surface area contributed by atoms with Crippen LogP contribution < -0.4 is 20.9 Å². The van der Waals surface area contributed by atoms with E-state index in [0.29, 0.717) is 33.9 Å². The van der Waals surface area contributed by atoms with E-state index in [1.807, 2.05) is 13.8 Å². The van der Waals surface area contributed by atoms with Crippen LogP contribution in [0.4, 0.5) is 0 Å². The van der Waals surface area contributed by atoms with E-state index in [1.54, 1.807) is 48.5 Å². The van der Waals surface area contributed by atoms with Crippen LogP contribution in [-0.2, 0) is 0 Å². The van der Waals surface area contributed by atoms with Crippen LogP contribution in [0, 0.1) is 5.92 Å². The normalized spacial score (nSPS) is 10.2. The van der Waals surface area contributed by atoms with E-state index in [9.17, 15) is 9.59 Å². The molecule has 2 aromatic carbocycles. The van der Waals surface area contributed by atoms with Crippen LogP contribution in [0.15, 0.2) is 53.0 Å². The highest BCUT2D eigenvalue weighted by Crippen LogP contribution is 2.15. The minimum atomic E-state index is -0.405. The summed E-state index contributed by atoms with van der Waals surface area (Å²) < 4.78 is 6.26. The van der Waals surface area contributed by atoms with Crippen molar-refractivity contribution >= 4 is 45.1 Å². The maximum atomic E-state index is 12.3. The van der Waals surface area contributed by atoms with Crippen LogP contribution >= 0.6 is 28.1 Å². The van der Waals surface area contributed by atoms with Crippen molar-refractivity contribution in [3.8, 4) is 5.75 Å². The number of halogens is 1. The zero-order valence-corrected chi connectivity index (χ0v) is 17.3. The topological polar surface area (TPSA) is 79.5 Å². The Hall–Kier alpha value is -2.45. The minimum absolute atomic E-state index is 0.0195. The van der Waals surface area contributed by atoms with Gasteiger partial charge in [0.2, 0.25) is 0 Å². The molecule has 142 valence electrons. The molecule has 8 heteroatoms. The number of thiocarbonyl (C=S) groups is 1. The van der Waals surface area contributed by atoms with Crippen molar-refractivity contribution in [2.45, 2.75) is 13.8 Å². The Morgan fingerprint density at radius 3 is 2.52 bits per heavy atom. The fourth-order valence-corrected chi connectivity index (χ4v) is 2.63. The van der Waals surface area contributed by atoms with Crippen molar-refractivity contribution < 1.29 is 14.3 Å². The highest BCUT2D eigenvalue weighted by atomic mass is 79.9.